The molecule has 1 aromatic rings. The average molecular weight is 261 g/mol. The first-order chi connectivity index (χ1) is 8.97. The molecule has 1 aromatic carbocycles. The quantitative estimate of drug-likeness (QED) is 0.731. The van der Waals surface area contributed by atoms with Gasteiger partial charge in [0.1, 0.15) is 0 Å². The van der Waals surface area contributed by atoms with Crippen molar-refractivity contribution in [3.63, 3.8) is 0 Å². The van der Waals surface area contributed by atoms with Crippen LogP contribution in [0, 0.1) is 11.8 Å². The van der Waals surface area contributed by atoms with Gasteiger partial charge < -0.3 is 16.8 Å². The molecule has 0 aromatic heterocycles. The lowest BCUT2D eigenvalue weighted by molar-refractivity contribution is 0.100. The molecular weight excluding hydrogens is 238 g/mol. The molecule has 104 valence electrons. The highest BCUT2D eigenvalue weighted by atomic mass is 16.1. The van der Waals surface area contributed by atoms with Gasteiger partial charge in [0, 0.05) is 6.04 Å². The van der Waals surface area contributed by atoms with Gasteiger partial charge in [0.25, 0.3) is 5.91 Å². The predicted molar refractivity (Wildman–Crippen MR) is 79.0 cm³/mol. The van der Waals surface area contributed by atoms with Gasteiger partial charge in [-0.15, -0.1) is 0 Å². The van der Waals surface area contributed by atoms with E-state index in [1.165, 1.54) is 6.42 Å². The van der Waals surface area contributed by atoms with Crippen LogP contribution in [0.25, 0.3) is 0 Å². The average Bonchev–Trinajstić information content (AvgIpc) is 2.30. The van der Waals surface area contributed by atoms with Crippen molar-refractivity contribution in [2.24, 2.45) is 17.6 Å². The molecule has 1 amide bonds. The van der Waals surface area contributed by atoms with E-state index in [0.717, 1.165) is 12.8 Å². The number of nitrogens with two attached hydrogens (primary N) is 2. The molecule has 0 heterocycles. The lowest BCUT2D eigenvalue weighted by Crippen LogP contribution is -2.31. The van der Waals surface area contributed by atoms with Gasteiger partial charge in [-0.1, -0.05) is 19.9 Å². The molecule has 2 rings (SSSR count). The molecule has 1 aliphatic rings. The van der Waals surface area contributed by atoms with Gasteiger partial charge in [0.05, 0.1) is 16.9 Å². The molecule has 2 unspecified atom stereocenters. The Morgan fingerprint density at radius 3 is 2.42 bits per heavy atom. The summed E-state index contributed by atoms with van der Waals surface area (Å²) in [6, 6.07) is 5.63. The first-order valence-electron chi connectivity index (χ1n) is 6.92. The summed E-state index contributed by atoms with van der Waals surface area (Å²) in [4.78, 5) is 11.5. The van der Waals surface area contributed by atoms with E-state index in [1.807, 2.05) is 0 Å². The number of rotatable bonds is 3. The summed E-state index contributed by atoms with van der Waals surface area (Å²) in [5, 5.41) is 3.43. The maximum absolute atomic E-state index is 11.5. The normalized spacial score (nSPS) is 26.9. The fraction of sp³-hybridized carbons (Fsp3) is 0.533. The second-order valence-electron chi connectivity index (χ2n) is 5.89. The van der Waals surface area contributed by atoms with Gasteiger partial charge in [-0.05, 0) is 43.2 Å². The highest BCUT2D eigenvalue weighted by Gasteiger charge is 2.25. The van der Waals surface area contributed by atoms with Crippen molar-refractivity contribution in [2.45, 2.75) is 39.2 Å². The largest absolute Gasteiger partial charge is 0.397 e. The van der Waals surface area contributed by atoms with E-state index in [9.17, 15) is 4.79 Å². The van der Waals surface area contributed by atoms with Gasteiger partial charge in [-0.25, -0.2) is 0 Å². The summed E-state index contributed by atoms with van der Waals surface area (Å²) < 4.78 is 0. The van der Waals surface area contributed by atoms with E-state index in [-0.39, 0.29) is 0 Å². The summed E-state index contributed by atoms with van der Waals surface area (Å²) >= 11 is 0. The third-order valence-corrected chi connectivity index (χ3v) is 3.89. The van der Waals surface area contributed by atoms with Crippen LogP contribution in [0.1, 0.15) is 43.5 Å². The van der Waals surface area contributed by atoms with Crippen LogP contribution < -0.4 is 16.8 Å². The minimum absolute atomic E-state index is 0.363. The van der Waals surface area contributed by atoms with E-state index in [0.29, 0.717) is 34.8 Å². The van der Waals surface area contributed by atoms with Crippen LogP contribution in [-0.2, 0) is 0 Å². The Morgan fingerprint density at radius 1 is 1.21 bits per heavy atom. The number of primary amides is 1. The number of nitrogens with one attached hydrogen (secondary N) is 1. The molecule has 19 heavy (non-hydrogen) atoms. The maximum Gasteiger partial charge on any atom is 0.250 e. The van der Waals surface area contributed by atoms with Crippen LogP contribution in [-0.4, -0.2) is 11.9 Å². The fourth-order valence-corrected chi connectivity index (χ4v) is 3.21. The smallest absolute Gasteiger partial charge is 0.250 e. The number of para-hydroxylation sites is 1. The molecule has 2 atom stereocenters. The van der Waals surface area contributed by atoms with E-state index >= 15 is 0 Å². The summed E-state index contributed by atoms with van der Waals surface area (Å²) in [6.07, 6.45) is 3.49. The SMILES string of the molecule is CC1CC(C)CC(Nc2c(N)cccc2C(N)=O)C1. The third kappa shape index (κ3) is 3.19. The lowest BCUT2D eigenvalue weighted by Gasteiger charge is -2.33. The number of carbonyl (C=O) groups is 1. The molecule has 4 heteroatoms. The summed E-state index contributed by atoms with van der Waals surface area (Å²) in [5.74, 6) is 0.957. The summed E-state index contributed by atoms with van der Waals surface area (Å²) in [5.41, 5.74) is 13.1. The molecule has 4 nitrogen and oxygen atoms in total. The Labute approximate surface area is 114 Å². The maximum atomic E-state index is 11.5. The Kier molecular flexibility index (Phi) is 3.98. The Bertz CT molecular complexity index is 462. The second-order valence-corrected chi connectivity index (χ2v) is 5.89. The molecule has 1 fully saturated rings. The van der Waals surface area contributed by atoms with E-state index < -0.39 is 5.91 Å². The summed E-state index contributed by atoms with van der Waals surface area (Å²) in [7, 11) is 0. The van der Waals surface area contributed by atoms with Crippen molar-refractivity contribution in [3.8, 4) is 0 Å². The zero-order valence-corrected chi connectivity index (χ0v) is 11.6. The van der Waals surface area contributed by atoms with Gasteiger partial charge >= 0.3 is 0 Å². The van der Waals surface area contributed by atoms with Crippen LogP contribution >= 0.6 is 0 Å². The van der Waals surface area contributed by atoms with Crippen LogP contribution in [0.4, 0.5) is 11.4 Å². The Balaban J connectivity index is 2.21. The number of anilines is 2. The monoisotopic (exact) mass is 261 g/mol. The highest BCUT2D eigenvalue weighted by molar-refractivity contribution is 6.01. The van der Waals surface area contributed by atoms with Crippen molar-refractivity contribution < 1.29 is 4.79 Å². The van der Waals surface area contributed by atoms with E-state index in [4.69, 9.17) is 11.5 Å². The van der Waals surface area contributed by atoms with E-state index in [2.05, 4.69) is 19.2 Å². The zero-order valence-electron chi connectivity index (χ0n) is 11.6. The molecule has 0 aliphatic heterocycles. The number of hydrogen-bond donors (Lipinski definition) is 3. The van der Waals surface area contributed by atoms with Gasteiger partial charge in [0.2, 0.25) is 0 Å². The number of carbonyl (C=O) groups excluding carboxylic acids is 1. The minimum atomic E-state index is -0.438. The fourth-order valence-electron chi connectivity index (χ4n) is 3.21. The standard InChI is InChI=1S/C15H23N3O/c1-9-6-10(2)8-11(7-9)18-14-12(15(17)19)4-3-5-13(14)16/h3-5,9-11,18H,6-8,16H2,1-2H3,(H2,17,19). The molecule has 0 bridgehead atoms. The molecular formula is C15H23N3O. The van der Waals surface area contributed by atoms with Gasteiger partial charge in [0.15, 0.2) is 0 Å². The highest BCUT2D eigenvalue weighted by Crippen LogP contribution is 2.32. The first-order valence-corrected chi connectivity index (χ1v) is 6.92. The van der Waals surface area contributed by atoms with Crippen LogP contribution in [0.3, 0.4) is 0 Å². The number of nitrogen functional groups attached to an aromatic ring is 1. The second kappa shape index (κ2) is 5.51. The zero-order chi connectivity index (χ0) is 14.0. The van der Waals surface area contributed by atoms with Crippen molar-refractivity contribution in [3.05, 3.63) is 23.8 Å². The van der Waals surface area contributed by atoms with Crippen LogP contribution in [0.5, 0.6) is 0 Å². The molecule has 1 aliphatic carbocycles. The topological polar surface area (TPSA) is 81.1 Å². The summed E-state index contributed by atoms with van der Waals surface area (Å²) in [6.45, 7) is 4.54. The Morgan fingerprint density at radius 2 is 1.84 bits per heavy atom. The number of hydrogen-bond acceptors (Lipinski definition) is 3. The molecule has 0 saturated heterocycles. The van der Waals surface area contributed by atoms with Gasteiger partial charge in [-0.3, -0.25) is 4.79 Å². The van der Waals surface area contributed by atoms with Gasteiger partial charge in [-0.2, -0.15) is 0 Å². The third-order valence-electron chi connectivity index (χ3n) is 3.89. The predicted octanol–water partition coefficient (Wildman–Crippen LogP) is 2.60. The number of amides is 1. The van der Waals surface area contributed by atoms with Crippen LogP contribution in [0.15, 0.2) is 18.2 Å². The molecule has 1 saturated carbocycles. The van der Waals surface area contributed by atoms with Crippen LogP contribution in [0.2, 0.25) is 0 Å². The molecule has 0 radical (unpaired) electrons. The van der Waals surface area contributed by atoms with Crippen molar-refractivity contribution in [2.75, 3.05) is 11.1 Å². The molecule has 5 N–H and O–H groups in total. The lowest BCUT2D eigenvalue weighted by atomic mass is 9.80. The minimum Gasteiger partial charge on any atom is -0.397 e. The first kappa shape index (κ1) is 13.7. The van der Waals surface area contributed by atoms with Crippen molar-refractivity contribution >= 4 is 17.3 Å². The number of benzene rings is 1. The van der Waals surface area contributed by atoms with Crippen molar-refractivity contribution in [1.82, 2.24) is 0 Å². The van der Waals surface area contributed by atoms with Crippen molar-refractivity contribution in [1.29, 1.82) is 0 Å². The molecule has 0 spiro atoms. The van der Waals surface area contributed by atoms with E-state index in [1.54, 1.807) is 18.2 Å². The Hall–Kier alpha value is -1.71.